The van der Waals surface area contributed by atoms with Crippen molar-refractivity contribution in [2.45, 2.75) is 126 Å². The third-order valence-corrected chi connectivity index (χ3v) is 14.2. The highest BCUT2D eigenvalue weighted by Gasteiger charge is 2.61. The van der Waals surface area contributed by atoms with Crippen LogP contribution in [0.25, 0.3) is 0 Å². The van der Waals surface area contributed by atoms with Crippen LogP contribution in [0.4, 0.5) is 0 Å². The fourth-order valence-corrected chi connectivity index (χ4v) is 10.1. The summed E-state index contributed by atoms with van der Waals surface area (Å²) in [6.07, 6.45) is -1.09. The van der Waals surface area contributed by atoms with E-state index in [9.17, 15) is 86.9 Å². The number of fused-ring (bicyclic) bond motifs is 8. The van der Waals surface area contributed by atoms with Gasteiger partial charge < -0.3 is 76.5 Å². The molecule has 8 rings (SSSR count). The van der Waals surface area contributed by atoms with Crippen LogP contribution in [0.1, 0.15) is 78.1 Å². The Bertz CT molecular complexity index is 2780. The van der Waals surface area contributed by atoms with E-state index < -0.39 is 182 Å². The molecule has 4 aliphatic heterocycles. The molecule has 4 heterocycles. The maximum Gasteiger partial charge on any atom is 0.344 e. The van der Waals surface area contributed by atoms with Gasteiger partial charge in [0.25, 0.3) is 24.5 Å². The van der Waals surface area contributed by atoms with Crippen molar-refractivity contribution in [3.63, 3.8) is 0 Å². The topological polar surface area (TPSA) is 443 Å². The molecule has 8 fully saturated rings. The molecule has 468 valence electrons. The lowest BCUT2D eigenvalue weighted by atomic mass is 9.79. The van der Waals surface area contributed by atoms with E-state index in [1.807, 2.05) is 0 Å². The summed E-state index contributed by atoms with van der Waals surface area (Å²) in [5.41, 5.74) is 0.278. The molecule has 32 nitrogen and oxygen atoms in total. The molecule has 0 aromatic carbocycles. The molecule has 14 unspecified atom stereocenters. The van der Waals surface area contributed by atoms with E-state index in [4.69, 9.17) is 47.4 Å². The van der Waals surface area contributed by atoms with Gasteiger partial charge in [0.15, 0.2) is 50.8 Å². The highest BCUT2D eigenvalue weighted by Crippen LogP contribution is 2.46. The Morgan fingerprint density at radius 3 is 1.15 bits per heavy atom. The summed E-state index contributed by atoms with van der Waals surface area (Å²) >= 11 is 0. The fraction of sp³-hybridized carbons (Fsp3) is 0.556. The van der Waals surface area contributed by atoms with Crippen molar-refractivity contribution in [3.05, 3.63) is 49.6 Å². The monoisotopic (exact) mass is 1220 g/mol. The number of carbonyl (C=O) groups is 16. The Morgan fingerprint density at radius 1 is 0.500 bits per heavy atom. The molecule has 8 bridgehead atoms. The molecule has 0 amide bonds. The first-order chi connectivity index (χ1) is 40.6. The number of carboxylic acids is 2. The number of hydrogen-bond donors (Lipinski definition) is 2. The predicted octanol–water partition coefficient (Wildman–Crippen LogP) is -0.185. The molecule has 86 heavy (non-hydrogen) atoms. The Morgan fingerprint density at radius 2 is 0.837 bits per heavy atom. The van der Waals surface area contributed by atoms with Crippen molar-refractivity contribution >= 4 is 96.5 Å². The lowest BCUT2D eigenvalue weighted by Crippen LogP contribution is -2.49. The van der Waals surface area contributed by atoms with Crippen molar-refractivity contribution < 1.29 is 153 Å². The summed E-state index contributed by atoms with van der Waals surface area (Å²) in [7, 11) is 0. The SMILES string of the molecule is C=C(C)C(=O)OCC(=O)OC1C2CC(CC1C(=O)O)C(=O)O2.C=C(C)C(=O)OCC(=O)OC1CCC2CC1(OC=O)OC2=O.C=CC(=O)OCC(=O)OC1C2CC(CC1C(=O)O)C(=O)O2.C=CC(=O)OCC(=O)OC1CCC2CC1(OC=O)OC2=O. The van der Waals surface area contributed by atoms with Crippen LogP contribution in [0.3, 0.4) is 0 Å². The summed E-state index contributed by atoms with van der Waals surface area (Å²) in [5, 5.41) is 18.4. The lowest BCUT2D eigenvalue weighted by Gasteiger charge is -2.35. The average Bonchev–Trinajstić information content (AvgIpc) is 3.78. The minimum absolute atomic E-state index is 0.0637. The van der Waals surface area contributed by atoms with Gasteiger partial charge in [0.2, 0.25) is 0 Å². The van der Waals surface area contributed by atoms with Crippen molar-refractivity contribution in [3.8, 4) is 0 Å². The quantitative estimate of drug-likeness (QED) is 0.0614. The van der Waals surface area contributed by atoms with Gasteiger partial charge in [-0.1, -0.05) is 26.3 Å². The first-order valence-corrected chi connectivity index (χ1v) is 26.2. The summed E-state index contributed by atoms with van der Waals surface area (Å²) in [4.78, 5) is 181. The molecule has 0 spiro atoms. The summed E-state index contributed by atoms with van der Waals surface area (Å²) in [5.74, 6) is -17.5. The van der Waals surface area contributed by atoms with Crippen LogP contribution in [-0.4, -0.2) is 181 Å². The van der Waals surface area contributed by atoms with Gasteiger partial charge in [0, 0.05) is 49.0 Å². The largest absolute Gasteiger partial charge is 0.481 e. The summed E-state index contributed by atoms with van der Waals surface area (Å²) in [6, 6.07) is 0. The number of aliphatic carboxylic acids is 2. The number of carbonyl (C=O) groups excluding carboxylic acids is 14. The van der Waals surface area contributed by atoms with Gasteiger partial charge in [-0.2, -0.15) is 0 Å². The second-order valence-electron chi connectivity index (χ2n) is 20.2. The molecular formula is C54H60O32. The minimum atomic E-state index is -1.57. The summed E-state index contributed by atoms with van der Waals surface area (Å²) in [6.45, 7) is 13.8. The predicted molar refractivity (Wildman–Crippen MR) is 267 cm³/mol. The maximum absolute atomic E-state index is 11.7. The first-order valence-electron chi connectivity index (χ1n) is 26.2. The smallest absolute Gasteiger partial charge is 0.344 e. The second-order valence-corrected chi connectivity index (χ2v) is 20.2. The van der Waals surface area contributed by atoms with Gasteiger partial charge in [0.1, 0.15) is 12.2 Å². The van der Waals surface area contributed by atoms with Crippen LogP contribution < -0.4 is 0 Å². The Balaban J connectivity index is 0.000000209. The van der Waals surface area contributed by atoms with Crippen LogP contribution in [0.2, 0.25) is 0 Å². The van der Waals surface area contributed by atoms with Gasteiger partial charge >= 0.3 is 83.6 Å². The van der Waals surface area contributed by atoms with Crippen LogP contribution in [-0.2, 0) is 143 Å². The molecule has 8 aliphatic rings. The van der Waals surface area contributed by atoms with Crippen molar-refractivity contribution in [2.75, 3.05) is 26.4 Å². The van der Waals surface area contributed by atoms with Crippen LogP contribution in [0, 0.1) is 35.5 Å². The molecule has 32 heteroatoms. The van der Waals surface area contributed by atoms with E-state index in [0.29, 0.717) is 38.5 Å². The zero-order chi connectivity index (χ0) is 63.8. The van der Waals surface area contributed by atoms with Crippen LogP contribution >= 0.6 is 0 Å². The van der Waals surface area contributed by atoms with Crippen LogP contribution in [0.15, 0.2) is 49.6 Å². The standard InChI is InChI=1S/2C14H16O8.2C13H14O8/c1-6(2)13(18)20-5-10(15)22-11-8(12(16)17)3-7-4-9(11)21-14(7)19;1-8(2)12(17)19-6-11(16)21-10-4-3-9-5-14(10,20-7-15)22-13(9)18;1-2-9(14)19-5-10(15)21-11-7(12(16)17)3-6-4-8(11)20-13(6)18;1-2-10(15)18-6-11(16)20-9-4-3-8-5-13(9,19-7-14)21-12(8)17/h7-9,11H,1,3-5H2,2H3,(H,16,17);7,9-10H,1,3-6H2,2H3;2,6-8,11H,1,3-5H2,(H,16,17);2,7-9H,1,3-6H2. The Kier molecular flexibility index (Phi) is 23.3. The number of carboxylic acid groups (broad SMARTS) is 2. The van der Waals surface area contributed by atoms with E-state index in [0.717, 1.165) is 12.2 Å². The molecule has 4 aliphatic carbocycles. The van der Waals surface area contributed by atoms with E-state index in [-0.39, 0.29) is 61.6 Å². The normalized spacial score (nSPS) is 29.7. The lowest BCUT2D eigenvalue weighted by molar-refractivity contribution is -0.249. The van der Waals surface area contributed by atoms with Gasteiger partial charge in [-0.25, -0.2) is 38.4 Å². The maximum atomic E-state index is 11.7. The molecular weight excluding hydrogens is 1160 g/mol. The molecule has 0 aromatic rings. The number of ether oxygens (including phenoxy) is 14. The first kappa shape index (κ1) is 67.3. The Labute approximate surface area is 486 Å². The number of hydrogen-bond acceptors (Lipinski definition) is 30. The van der Waals surface area contributed by atoms with Gasteiger partial charge in [-0.3, -0.25) is 38.4 Å². The van der Waals surface area contributed by atoms with Crippen molar-refractivity contribution in [1.29, 1.82) is 0 Å². The second kappa shape index (κ2) is 29.8. The number of esters is 12. The molecule has 14 atom stereocenters. The molecule has 0 aromatic heterocycles. The molecule has 4 saturated carbocycles. The Hall–Kier alpha value is -9.52. The van der Waals surface area contributed by atoms with Gasteiger partial charge in [0.05, 0.1) is 35.5 Å². The third kappa shape index (κ3) is 17.3. The molecule has 0 radical (unpaired) electrons. The van der Waals surface area contributed by atoms with Crippen molar-refractivity contribution in [1.82, 2.24) is 0 Å². The fourth-order valence-electron chi connectivity index (χ4n) is 10.1. The molecule has 2 N–H and O–H groups in total. The van der Waals surface area contributed by atoms with E-state index >= 15 is 0 Å². The van der Waals surface area contributed by atoms with Crippen molar-refractivity contribution in [2.24, 2.45) is 35.5 Å². The van der Waals surface area contributed by atoms with E-state index in [2.05, 4.69) is 45.3 Å². The zero-order valence-electron chi connectivity index (χ0n) is 46.1. The zero-order valence-corrected chi connectivity index (χ0v) is 46.1. The van der Waals surface area contributed by atoms with E-state index in [1.54, 1.807) is 0 Å². The third-order valence-electron chi connectivity index (χ3n) is 14.2. The van der Waals surface area contributed by atoms with Gasteiger partial charge in [-0.15, -0.1) is 0 Å². The van der Waals surface area contributed by atoms with Crippen LogP contribution in [0.5, 0.6) is 0 Å². The number of rotatable bonds is 22. The average molecular weight is 1220 g/mol. The highest BCUT2D eigenvalue weighted by molar-refractivity contribution is 5.90. The van der Waals surface area contributed by atoms with E-state index in [1.165, 1.54) is 13.8 Å². The van der Waals surface area contributed by atoms with Gasteiger partial charge in [-0.05, 0) is 52.4 Å². The minimum Gasteiger partial charge on any atom is -0.481 e. The summed E-state index contributed by atoms with van der Waals surface area (Å²) < 4.78 is 68.7. The highest BCUT2D eigenvalue weighted by atomic mass is 16.8. The molecule has 4 saturated heterocycles.